The van der Waals surface area contributed by atoms with E-state index in [-0.39, 0.29) is 6.04 Å². The van der Waals surface area contributed by atoms with Crippen molar-refractivity contribution < 1.29 is 0 Å². The first kappa shape index (κ1) is 11.8. The minimum atomic E-state index is 0.153. The largest absolute Gasteiger partial charge is 0.358 e. The zero-order valence-corrected chi connectivity index (χ0v) is 11.3. The number of hydrogen-bond acceptors (Lipinski definition) is 1. The van der Waals surface area contributed by atoms with Gasteiger partial charge in [0.15, 0.2) is 0 Å². The maximum Gasteiger partial charge on any atom is 0.0462 e. The van der Waals surface area contributed by atoms with Crippen LogP contribution in [0, 0.1) is 6.92 Å². The second-order valence-electron chi connectivity index (χ2n) is 5.55. The van der Waals surface area contributed by atoms with Gasteiger partial charge in [0.2, 0.25) is 0 Å². The van der Waals surface area contributed by atoms with E-state index in [2.05, 4.69) is 31.0 Å². The van der Waals surface area contributed by atoms with E-state index < -0.39 is 0 Å². The lowest BCUT2D eigenvalue weighted by atomic mass is 9.89. The van der Waals surface area contributed by atoms with E-state index in [0.29, 0.717) is 0 Å². The molecule has 0 saturated carbocycles. The van der Waals surface area contributed by atoms with Crippen LogP contribution in [0.3, 0.4) is 0 Å². The van der Waals surface area contributed by atoms with Gasteiger partial charge in [-0.25, -0.2) is 0 Å². The second-order valence-corrected chi connectivity index (χ2v) is 5.55. The minimum Gasteiger partial charge on any atom is -0.358 e. The van der Waals surface area contributed by atoms with Crippen molar-refractivity contribution in [2.75, 3.05) is 0 Å². The summed E-state index contributed by atoms with van der Waals surface area (Å²) in [6.45, 7) is 4.30. The SMILES string of the molecule is CCC(N)c1c(C)[nH]c2cc3c(cc12)CCCC3. The van der Waals surface area contributed by atoms with E-state index in [1.165, 1.54) is 59.0 Å². The van der Waals surface area contributed by atoms with Crippen molar-refractivity contribution in [1.29, 1.82) is 0 Å². The zero-order chi connectivity index (χ0) is 12.7. The van der Waals surface area contributed by atoms with Crippen LogP contribution < -0.4 is 5.73 Å². The van der Waals surface area contributed by atoms with Crippen LogP contribution in [0.5, 0.6) is 0 Å². The highest BCUT2D eigenvalue weighted by atomic mass is 14.7. The second kappa shape index (κ2) is 4.43. The lowest BCUT2D eigenvalue weighted by Crippen LogP contribution is -2.09. The van der Waals surface area contributed by atoms with Crippen LogP contribution >= 0.6 is 0 Å². The molecular weight excluding hydrogens is 220 g/mol. The van der Waals surface area contributed by atoms with Gasteiger partial charge in [0.1, 0.15) is 0 Å². The molecule has 18 heavy (non-hydrogen) atoms. The molecule has 2 aromatic rings. The first-order chi connectivity index (χ1) is 8.70. The van der Waals surface area contributed by atoms with Gasteiger partial charge in [-0.15, -0.1) is 0 Å². The van der Waals surface area contributed by atoms with Crippen molar-refractivity contribution in [3.63, 3.8) is 0 Å². The number of aryl methyl sites for hydroxylation is 3. The van der Waals surface area contributed by atoms with Gasteiger partial charge in [-0.05, 0) is 67.9 Å². The number of nitrogens with two attached hydrogens (primary N) is 1. The summed E-state index contributed by atoms with van der Waals surface area (Å²) in [4.78, 5) is 3.51. The van der Waals surface area contributed by atoms with Gasteiger partial charge in [0, 0.05) is 22.6 Å². The Kier molecular flexibility index (Phi) is 2.90. The molecule has 1 atom stereocenters. The van der Waals surface area contributed by atoms with Crippen LogP contribution in [0.4, 0.5) is 0 Å². The number of aromatic amines is 1. The van der Waals surface area contributed by atoms with E-state index in [9.17, 15) is 0 Å². The third-order valence-electron chi connectivity index (χ3n) is 4.31. The Labute approximate surface area is 109 Å². The van der Waals surface area contributed by atoms with Crippen LogP contribution in [0.15, 0.2) is 12.1 Å². The summed E-state index contributed by atoms with van der Waals surface area (Å²) >= 11 is 0. The maximum absolute atomic E-state index is 6.26. The summed E-state index contributed by atoms with van der Waals surface area (Å²) < 4.78 is 0. The molecule has 0 saturated heterocycles. The Bertz CT molecular complexity index is 580. The Morgan fingerprint density at radius 1 is 1.22 bits per heavy atom. The van der Waals surface area contributed by atoms with Gasteiger partial charge in [0.05, 0.1) is 0 Å². The van der Waals surface area contributed by atoms with Crippen molar-refractivity contribution in [3.05, 3.63) is 34.5 Å². The van der Waals surface area contributed by atoms with Crippen LogP contribution in [-0.4, -0.2) is 4.98 Å². The van der Waals surface area contributed by atoms with E-state index >= 15 is 0 Å². The molecule has 2 nitrogen and oxygen atoms in total. The Hall–Kier alpha value is -1.28. The molecular formula is C16H22N2. The van der Waals surface area contributed by atoms with E-state index in [1.807, 2.05) is 0 Å². The molecule has 1 aromatic heterocycles. The summed E-state index contributed by atoms with van der Waals surface area (Å²) in [6.07, 6.45) is 6.12. The fourth-order valence-electron chi connectivity index (χ4n) is 3.27. The number of fused-ring (bicyclic) bond motifs is 2. The average Bonchev–Trinajstić information content (AvgIpc) is 2.70. The number of hydrogen-bond donors (Lipinski definition) is 2. The molecule has 96 valence electrons. The Morgan fingerprint density at radius 2 is 1.89 bits per heavy atom. The summed E-state index contributed by atoms with van der Waals surface area (Å²) in [5, 5.41) is 1.35. The predicted molar refractivity (Wildman–Crippen MR) is 76.9 cm³/mol. The van der Waals surface area contributed by atoms with E-state index in [1.54, 1.807) is 0 Å². The predicted octanol–water partition coefficient (Wildman–Crippen LogP) is 3.76. The van der Waals surface area contributed by atoms with E-state index in [4.69, 9.17) is 5.73 Å². The standard InChI is InChI=1S/C16H22N2/c1-3-14(17)16-10(2)18-15-9-12-7-5-4-6-11(12)8-13(15)16/h8-9,14,18H,3-7,17H2,1-2H3. The van der Waals surface area contributed by atoms with Crippen molar-refractivity contribution >= 4 is 10.9 Å². The van der Waals surface area contributed by atoms with Crippen LogP contribution in [0.25, 0.3) is 10.9 Å². The lowest BCUT2D eigenvalue weighted by Gasteiger charge is -2.16. The maximum atomic E-state index is 6.26. The fraction of sp³-hybridized carbons (Fsp3) is 0.500. The molecule has 1 heterocycles. The molecule has 0 spiro atoms. The Morgan fingerprint density at radius 3 is 2.56 bits per heavy atom. The van der Waals surface area contributed by atoms with Gasteiger partial charge in [-0.3, -0.25) is 0 Å². The van der Waals surface area contributed by atoms with Gasteiger partial charge >= 0.3 is 0 Å². The highest BCUT2D eigenvalue weighted by Crippen LogP contribution is 2.32. The quantitative estimate of drug-likeness (QED) is 0.827. The van der Waals surface area contributed by atoms with Crippen LogP contribution in [0.1, 0.15) is 54.6 Å². The third-order valence-corrected chi connectivity index (χ3v) is 4.31. The monoisotopic (exact) mass is 242 g/mol. The molecule has 0 radical (unpaired) electrons. The Balaban J connectivity index is 2.22. The topological polar surface area (TPSA) is 41.8 Å². The molecule has 0 amide bonds. The molecule has 3 N–H and O–H groups in total. The molecule has 1 aromatic carbocycles. The molecule has 1 aliphatic carbocycles. The number of H-pyrrole nitrogens is 1. The molecule has 0 aliphatic heterocycles. The van der Waals surface area contributed by atoms with Gasteiger partial charge < -0.3 is 10.7 Å². The molecule has 2 heteroatoms. The smallest absolute Gasteiger partial charge is 0.0462 e. The highest BCUT2D eigenvalue weighted by molar-refractivity contribution is 5.86. The zero-order valence-electron chi connectivity index (χ0n) is 11.3. The van der Waals surface area contributed by atoms with Crippen molar-refractivity contribution in [2.45, 2.75) is 52.0 Å². The van der Waals surface area contributed by atoms with Crippen molar-refractivity contribution in [1.82, 2.24) is 4.98 Å². The van der Waals surface area contributed by atoms with Crippen LogP contribution in [0.2, 0.25) is 0 Å². The van der Waals surface area contributed by atoms with Crippen molar-refractivity contribution in [3.8, 4) is 0 Å². The highest BCUT2D eigenvalue weighted by Gasteiger charge is 2.17. The molecule has 3 rings (SSSR count). The lowest BCUT2D eigenvalue weighted by molar-refractivity contribution is 0.686. The third kappa shape index (κ3) is 1.76. The average molecular weight is 242 g/mol. The summed E-state index contributed by atoms with van der Waals surface area (Å²) in [5.74, 6) is 0. The van der Waals surface area contributed by atoms with Crippen LogP contribution in [-0.2, 0) is 12.8 Å². The van der Waals surface area contributed by atoms with Gasteiger partial charge in [0.25, 0.3) is 0 Å². The molecule has 0 bridgehead atoms. The van der Waals surface area contributed by atoms with Gasteiger partial charge in [-0.2, -0.15) is 0 Å². The normalized spacial score (nSPS) is 16.8. The number of aromatic nitrogens is 1. The molecule has 1 unspecified atom stereocenters. The van der Waals surface area contributed by atoms with E-state index in [0.717, 1.165) is 6.42 Å². The number of nitrogens with one attached hydrogen (secondary N) is 1. The molecule has 1 aliphatic rings. The fourth-order valence-corrected chi connectivity index (χ4v) is 3.27. The summed E-state index contributed by atoms with van der Waals surface area (Å²) in [6, 6.07) is 4.89. The minimum absolute atomic E-state index is 0.153. The molecule has 0 fully saturated rings. The first-order valence-electron chi connectivity index (χ1n) is 7.10. The van der Waals surface area contributed by atoms with Crippen molar-refractivity contribution in [2.24, 2.45) is 5.73 Å². The van der Waals surface area contributed by atoms with Gasteiger partial charge in [-0.1, -0.05) is 6.92 Å². The number of rotatable bonds is 2. The summed E-state index contributed by atoms with van der Waals surface area (Å²) in [7, 11) is 0. The summed E-state index contributed by atoms with van der Waals surface area (Å²) in [5.41, 5.74) is 13.2. The number of benzene rings is 1. The first-order valence-corrected chi connectivity index (χ1v) is 7.10.